The smallest absolute Gasteiger partial charge is 0.407 e. The van der Waals surface area contributed by atoms with Crippen LogP contribution in [0.25, 0.3) is 6.08 Å². The number of hydrogen-bond donors (Lipinski definition) is 1. The fourth-order valence-electron chi connectivity index (χ4n) is 1.02. The molecule has 1 heterocycles. The van der Waals surface area contributed by atoms with Crippen LogP contribution in [0.3, 0.4) is 0 Å². The number of thiophene rings is 1. The van der Waals surface area contributed by atoms with E-state index in [-0.39, 0.29) is 6.09 Å². The molecule has 0 radical (unpaired) electrons. The first-order chi connectivity index (χ1) is 7.47. The Labute approximate surface area is 100 Å². The standard InChI is InChI=1S/C12H17NO2S/c1-12(2,3)15-11(14)13-8-4-6-10-7-5-9-16-10/h4-7,9H,8H2,1-3H3,(H,13,14). The minimum Gasteiger partial charge on any atom is -0.444 e. The maximum Gasteiger partial charge on any atom is 0.407 e. The van der Waals surface area contributed by atoms with Crippen molar-refractivity contribution in [2.75, 3.05) is 6.54 Å². The molecule has 3 nitrogen and oxygen atoms in total. The molecule has 0 saturated carbocycles. The van der Waals surface area contributed by atoms with Crippen molar-refractivity contribution in [2.45, 2.75) is 26.4 Å². The number of hydrogen-bond acceptors (Lipinski definition) is 3. The van der Waals surface area contributed by atoms with E-state index >= 15 is 0 Å². The molecule has 0 spiro atoms. The first-order valence-corrected chi connectivity index (χ1v) is 6.02. The number of ether oxygens (including phenoxy) is 1. The van der Waals surface area contributed by atoms with Crippen molar-refractivity contribution in [2.24, 2.45) is 0 Å². The zero-order valence-corrected chi connectivity index (χ0v) is 10.6. The summed E-state index contributed by atoms with van der Waals surface area (Å²) in [5, 5.41) is 4.67. The van der Waals surface area contributed by atoms with E-state index in [1.807, 2.05) is 50.4 Å². The van der Waals surface area contributed by atoms with Gasteiger partial charge < -0.3 is 10.1 Å². The first-order valence-electron chi connectivity index (χ1n) is 5.14. The zero-order chi connectivity index (χ0) is 12.0. The van der Waals surface area contributed by atoms with Crippen LogP contribution in [0.2, 0.25) is 0 Å². The summed E-state index contributed by atoms with van der Waals surface area (Å²) in [6, 6.07) is 4.01. The summed E-state index contributed by atoms with van der Waals surface area (Å²) in [5.74, 6) is 0. The van der Waals surface area contributed by atoms with Gasteiger partial charge in [-0.15, -0.1) is 11.3 Å². The van der Waals surface area contributed by atoms with Gasteiger partial charge in [0.05, 0.1) is 0 Å². The Hall–Kier alpha value is -1.29. The van der Waals surface area contributed by atoms with Gasteiger partial charge in [-0.3, -0.25) is 0 Å². The SMILES string of the molecule is CC(C)(C)OC(=O)NCC=Cc1cccs1. The van der Waals surface area contributed by atoms with E-state index in [4.69, 9.17) is 4.74 Å². The van der Waals surface area contributed by atoms with E-state index in [2.05, 4.69) is 5.32 Å². The van der Waals surface area contributed by atoms with Crippen molar-refractivity contribution in [3.8, 4) is 0 Å². The lowest BCUT2D eigenvalue weighted by Gasteiger charge is -2.19. The van der Waals surface area contributed by atoms with Gasteiger partial charge in [-0.2, -0.15) is 0 Å². The Bertz CT molecular complexity index is 350. The summed E-state index contributed by atoms with van der Waals surface area (Å²) in [5.41, 5.74) is -0.443. The molecule has 0 fully saturated rings. The van der Waals surface area contributed by atoms with Crippen molar-refractivity contribution in [3.05, 3.63) is 28.5 Å². The fourth-order valence-corrected chi connectivity index (χ4v) is 1.66. The van der Waals surface area contributed by atoms with Crippen molar-refractivity contribution >= 4 is 23.5 Å². The van der Waals surface area contributed by atoms with E-state index in [0.717, 1.165) is 0 Å². The Morgan fingerprint density at radius 2 is 2.31 bits per heavy atom. The molecule has 0 saturated heterocycles. The molecular formula is C12H17NO2S. The zero-order valence-electron chi connectivity index (χ0n) is 9.82. The maximum absolute atomic E-state index is 11.3. The third-order valence-corrected chi connectivity index (χ3v) is 2.43. The predicted octanol–water partition coefficient (Wildman–Crippen LogP) is 3.29. The highest BCUT2D eigenvalue weighted by molar-refractivity contribution is 7.10. The van der Waals surface area contributed by atoms with Crippen LogP contribution in [-0.2, 0) is 4.74 Å². The number of carbonyl (C=O) groups excluding carboxylic acids is 1. The summed E-state index contributed by atoms with van der Waals surface area (Å²) in [7, 11) is 0. The second-order valence-electron chi connectivity index (χ2n) is 4.30. The lowest BCUT2D eigenvalue weighted by Crippen LogP contribution is -2.32. The van der Waals surface area contributed by atoms with E-state index in [0.29, 0.717) is 6.54 Å². The van der Waals surface area contributed by atoms with Gasteiger partial charge in [-0.05, 0) is 38.3 Å². The largest absolute Gasteiger partial charge is 0.444 e. The summed E-state index contributed by atoms with van der Waals surface area (Å²) in [6.07, 6.45) is 3.49. The number of nitrogens with one attached hydrogen (secondary N) is 1. The van der Waals surface area contributed by atoms with Crippen LogP contribution in [0.15, 0.2) is 23.6 Å². The molecule has 0 unspecified atom stereocenters. The van der Waals surface area contributed by atoms with Gasteiger partial charge in [-0.25, -0.2) is 4.79 Å². The van der Waals surface area contributed by atoms with Gasteiger partial charge in [0.25, 0.3) is 0 Å². The minimum atomic E-state index is -0.443. The van der Waals surface area contributed by atoms with Gasteiger partial charge in [0.2, 0.25) is 0 Å². The highest BCUT2D eigenvalue weighted by Gasteiger charge is 2.14. The molecule has 1 aromatic heterocycles. The summed E-state index contributed by atoms with van der Waals surface area (Å²) >= 11 is 1.66. The minimum absolute atomic E-state index is 0.386. The van der Waals surface area contributed by atoms with Crippen LogP contribution in [0.4, 0.5) is 4.79 Å². The first kappa shape index (κ1) is 12.8. The molecule has 88 valence electrons. The molecule has 1 aromatic rings. The molecule has 0 aliphatic carbocycles. The van der Waals surface area contributed by atoms with Crippen LogP contribution in [0.1, 0.15) is 25.6 Å². The Balaban J connectivity index is 2.23. The normalized spacial score (nSPS) is 11.7. The number of amides is 1. The van der Waals surface area contributed by atoms with Gasteiger partial charge >= 0.3 is 6.09 Å². The second kappa shape index (κ2) is 5.70. The van der Waals surface area contributed by atoms with Crippen molar-refractivity contribution < 1.29 is 9.53 Å². The molecule has 1 N–H and O–H groups in total. The topological polar surface area (TPSA) is 38.3 Å². The van der Waals surface area contributed by atoms with Crippen LogP contribution in [-0.4, -0.2) is 18.2 Å². The van der Waals surface area contributed by atoms with Crippen LogP contribution >= 0.6 is 11.3 Å². The van der Waals surface area contributed by atoms with Crippen molar-refractivity contribution in [1.29, 1.82) is 0 Å². The summed E-state index contributed by atoms with van der Waals surface area (Å²) in [6.45, 7) is 6.00. The van der Waals surface area contributed by atoms with Crippen molar-refractivity contribution in [3.63, 3.8) is 0 Å². The third-order valence-electron chi connectivity index (χ3n) is 1.59. The predicted molar refractivity (Wildman–Crippen MR) is 67.6 cm³/mol. The van der Waals surface area contributed by atoms with Crippen LogP contribution < -0.4 is 5.32 Å². The Kier molecular flexibility index (Phi) is 4.55. The Morgan fingerprint density at radius 1 is 1.56 bits per heavy atom. The van der Waals surface area contributed by atoms with Crippen molar-refractivity contribution in [1.82, 2.24) is 5.32 Å². The molecule has 0 aliphatic heterocycles. The maximum atomic E-state index is 11.3. The fraction of sp³-hybridized carbons (Fsp3) is 0.417. The highest BCUT2D eigenvalue weighted by atomic mass is 32.1. The molecule has 1 rings (SSSR count). The lowest BCUT2D eigenvalue weighted by molar-refractivity contribution is 0.0534. The highest BCUT2D eigenvalue weighted by Crippen LogP contribution is 2.09. The number of carbonyl (C=O) groups is 1. The second-order valence-corrected chi connectivity index (χ2v) is 5.28. The average molecular weight is 239 g/mol. The average Bonchev–Trinajstić information content (AvgIpc) is 2.62. The quantitative estimate of drug-likeness (QED) is 0.879. The van der Waals surface area contributed by atoms with Gasteiger partial charge in [0.1, 0.15) is 5.60 Å². The third kappa shape index (κ3) is 5.56. The van der Waals surface area contributed by atoms with Gasteiger partial charge in [0, 0.05) is 11.4 Å². The van der Waals surface area contributed by atoms with Gasteiger partial charge in [0.15, 0.2) is 0 Å². The molecule has 0 aliphatic rings. The van der Waals surface area contributed by atoms with E-state index < -0.39 is 5.60 Å². The molecule has 1 amide bonds. The molecule has 0 atom stereocenters. The molecule has 4 heteroatoms. The lowest BCUT2D eigenvalue weighted by atomic mass is 10.2. The monoisotopic (exact) mass is 239 g/mol. The number of rotatable bonds is 3. The summed E-state index contributed by atoms with van der Waals surface area (Å²) < 4.78 is 5.09. The summed E-state index contributed by atoms with van der Waals surface area (Å²) in [4.78, 5) is 12.4. The van der Waals surface area contributed by atoms with Crippen LogP contribution in [0.5, 0.6) is 0 Å². The Morgan fingerprint density at radius 3 is 2.88 bits per heavy atom. The molecule has 16 heavy (non-hydrogen) atoms. The van der Waals surface area contributed by atoms with Gasteiger partial charge in [-0.1, -0.05) is 12.1 Å². The molecule has 0 aromatic carbocycles. The van der Waals surface area contributed by atoms with E-state index in [9.17, 15) is 4.79 Å². The van der Waals surface area contributed by atoms with E-state index in [1.165, 1.54) is 4.88 Å². The molecular weight excluding hydrogens is 222 g/mol. The molecule has 0 bridgehead atoms. The van der Waals surface area contributed by atoms with E-state index in [1.54, 1.807) is 11.3 Å². The number of alkyl carbamates (subject to hydrolysis) is 1. The van der Waals surface area contributed by atoms with Crippen LogP contribution in [0, 0.1) is 0 Å².